The lowest BCUT2D eigenvalue weighted by Crippen LogP contribution is -1.80. The van der Waals surface area contributed by atoms with Gasteiger partial charge in [-0.25, -0.2) is 4.98 Å². The van der Waals surface area contributed by atoms with E-state index in [2.05, 4.69) is 23.2 Å². The molecule has 5 heteroatoms. The molecule has 0 fully saturated rings. The maximum atomic E-state index is 8.44. The number of fused-ring (bicyclic) bond motifs is 2. The van der Waals surface area contributed by atoms with Crippen molar-refractivity contribution in [3.63, 3.8) is 0 Å². The summed E-state index contributed by atoms with van der Waals surface area (Å²) in [5.74, 6) is 0. The predicted molar refractivity (Wildman–Crippen MR) is 68.9 cm³/mol. The van der Waals surface area contributed by atoms with E-state index in [0.717, 1.165) is 11.0 Å². The topological polar surface area (TPSA) is 64.1 Å². The van der Waals surface area contributed by atoms with E-state index in [1.165, 1.54) is 10.8 Å². The number of hydrogen-bond donors (Lipinski definition) is 0. The van der Waals surface area contributed by atoms with Gasteiger partial charge in [-0.15, -0.1) is 12.6 Å². The lowest BCUT2D eigenvalue weighted by Gasteiger charge is -1.99. The number of benzene rings is 2. The van der Waals surface area contributed by atoms with Crippen LogP contribution in [0.25, 0.3) is 21.8 Å². The Labute approximate surface area is 105 Å². The van der Waals surface area contributed by atoms with Crippen LogP contribution in [0, 0.1) is 0 Å². The van der Waals surface area contributed by atoms with E-state index in [9.17, 15) is 0 Å². The van der Waals surface area contributed by atoms with Crippen LogP contribution in [0.1, 0.15) is 0 Å². The second kappa shape index (κ2) is 5.37. The van der Waals surface area contributed by atoms with E-state index < -0.39 is 10.6 Å². The molecule has 2 aromatic carbocycles. The number of aromatic nitrogens is 1. The van der Waals surface area contributed by atoms with E-state index in [1.54, 1.807) is 0 Å². The molecule has 0 aliphatic carbocycles. The molecule has 90 valence electrons. The summed E-state index contributed by atoms with van der Waals surface area (Å²) in [6, 6.07) is 18.6. The lowest BCUT2D eigenvalue weighted by molar-refractivity contribution is 0.559. The molecule has 3 rings (SSSR count). The largest absolute Gasteiger partial charge is 0.425 e. The van der Waals surface area contributed by atoms with Crippen molar-refractivity contribution < 1.29 is 12.6 Å². The highest BCUT2D eigenvalue weighted by molar-refractivity contribution is 7.59. The van der Waals surface area contributed by atoms with Gasteiger partial charge in [0.1, 0.15) is 0 Å². The molecule has 0 N–H and O–H groups in total. The minimum absolute atomic E-state index is 1.06. The zero-order valence-electron chi connectivity index (χ0n) is 9.28. The van der Waals surface area contributed by atoms with E-state index in [1.807, 2.05) is 36.4 Å². The molecule has 0 aliphatic heterocycles. The molecular weight excluding hydrogens is 250 g/mol. The van der Waals surface area contributed by atoms with Crippen LogP contribution in [0.3, 0.4) is 0 Å². The Kier molecular flexibility index (Phi) is 3.64. The van der Waals surface area contributed by atoms with Gasteiger partial charge in [-0.05, 0) is 18.2 Å². The number of para-hydroxylation sites is 2. The third-order valence-electron chi connectivity index (χ3n) is 2.43. The molecule has 0 amide bonds. The minimum atomic E-state index is -3.11. The molecule has 1 heterocycles. The van der Waals surface area contributed by atoms with Crippen molar-refractivity contribution in [2.24, 2.45) is 0 Å². The predicted octanol–water partition coefficient (Wildman–Crippen LogP) is 2.38. The second-order valence-electron chi connectivity index (χ2n) is 3.58. The van der Waals surface area contributed by atoms with Crippen molar-refractivity contribution >= 4 is 32.4 Å². The quantitative estimate of drug-likeness (QED) is 0.581. The summed E-state index contributed by atoms with van der Waals surface area (Å²) < 4.78 is 25.3. The van der Waals surface area contributed by atoms with Crippen LogP contribution in [-0.4, -0.2) is 17.6 Å². The Morgan fingerprint density at radius 2 is 1.11 bits per heavy atom. The first-order chi connectivity index (χ1) is 8.66. The summed E-state index contributed by atoms with van der Waals surface area (Å²) >= 11 is 0. The van der Waals surface area contributed by atoms with Gasteiger partial charge in [-0.3, -0.25) is 0 Å². The van der Waals surface area contributed by atoms with Gasteiger partial charge in [0.25, 0.3) is 0 Å². The summed E-state index contributed by atoms with van der Waals surface area (Å²) in [7, 11) is -3.11. The molecule has 0 unspecified atom stereocenters. The Bertz CT molecular complexity index is 686. The molecule has 0 aliphatic rings. The van der Waals surface area contributed by atoms with Crippen LogP contribution >= 0.6 is 0 Å². The van der Waals surface area contributed by atoms with Gasteiger partial charge in [-0.1, -0.05) is 36.4 Å². The van der Waals surface area contributed by atoms with Crippen molar-refractivity contribution in [1.29, 1.82) is 0 Å². The molecule has 0 spiro atoms. The van der Waals surface area contributed by atoms with Crippen LogP contribution in [0.15, 0.2) is 54.6 Å². The van der Waals surface area contributed by atoms with Gasteiger partial charge < -0.3 is 0 Å². The Hall–Kier alpha value is -2.27. The zero-order chi connectivity index (χ0) is 13.0. The molecule has 1 aromatic heterocycles. The molecule has 0 saturated carbocycles. The fourth-order valence-electron chi connectivity index (χ4n) is 1.72. The first kappa shape index (κ1) is 12.2. The van der Waals surface area contributed by atoms with Crippen molar-refractivity contribution in [3.8, 4) is 0 Å². The zero-order valence-corrected chi connectivity index (χ0v) is 10.1. The standard InChI is InChI=1S/C13H9N.O3S/c1-3-7-12-10(5-1)9-11-6-2-4-8-13(11)14-12;1-4(2)3/h1-9H;. The number of nitrogens with zero attached hydrogens (tertiary/aromatic N) is 1. The number of pyridine rings is 1. The summed E-state index contributed by atoms with van der Waals surface area (Å²) in [5.41, 5.74) is 2.12. The fraction of sp³-hybridized carbons (Fsp3) is 0. The van der Waals surface area contributed by atoms with E-state index in [0.29, 0.717) is 0 Å². The highest BCUT2D eigenvalue weighted by Crippen LogP contribution is 2.18. The molecule has 4 nitrogen and oxygen atoms in total. The highest BCUT2D eigenvalue weighted by Gasteiger charge is 1.96. The lowest BCUT2D eigenvalue weighted by atomic mass is 10.1. The molecule has 0 saturated heterocycles. The van der Waals surface area contributed by atoms with Gasteiger partial charge in [0, 0.05) is 10.8 Å². The number of rotatable bonds is 0. The third-order valence-corrected chi connectivity index (χ3v) is 2.43. The third kappa shape index (κ3) is 2.89. The van der Waals surface area contributed by atoms with Crippen LogP contribution in [0.2, 0.25) is 0 Å². The summed E-state index contributed by atoms with van der Waals surface area (Å²) in [5, 5.41) is 2.40. The van der Waals surface area contributed by atoms with Crippen LogP contribution < -0.4 is 0 Å². The van der Waals surface area contributed by atoms with Gasteiger partial charge in [0.15, 0.2) is 0 Å². The second-order valence-corrected chi connectivity index (χ2v) is 3.99. The first-order valence-corrected chi connectivity index (χ1v) is 6.18. The fourth-order valence-corrected chi connectivity index (χ4v) is 1.72. The highest BCUT2D eigenvalue weighted by atomic mass is 32.2. The van der Waals surface area contributed by atoms with Crippen molar-refractivity contribution in [2.45, 2.75) is 0 Å². The van der Waals surface area contributed by atoms with Gasteiger partial charge in [0.05, 0.1) is 11.0 Å². The van der Waals surface area contributed by atoms with Crippen LogP contribution in [0.4, 0.5) is 0 Å². The summed E-state index contributed by atoms with van der Waals surface area (Å²) in [6.45, 7) is 0. The monoisotopic (exact) mass is 259 g/mol. The SMILES string of the molecule is O=S(=O)=O.c1ccc2nc3ccccc3cc2c1. The van der Waals surface area contributed by atoms with E-state index >= 15 is 0 Å². The van der Waals surface area contributed by atoms with Gasteiger partial charge in [-0.2, -0.15) is 0 Å². The van der Waals surface area contributed by atoms with E-state index in [-0.39, 0.29) is 0 Å². The smallest absolute Gasteiger partial charge is 0.248 e. The maximum Gasteiger partial charge on any atom is 0.425 e. The molecule has 0 radical (unpaired) electrons. The molecular formula is C13H9NO3S. The average molecular weight is 259 g/mol. The minimum Gasteiger partial charge on any atom is -0.248 e. The maximum absolute atomic E-state index is 8.44. The number of hydrogen-bond acceptors (Lipinski definition) is 4. The normalized spacial score (nSPS) is 9.78. The van der Waals surface area contributed by atoms with Crippen molar-refractivity contribution in [1.82, 2.24) is 4.98 Å². The molecule has 0 bridgehead atoms. The molecule has 18 heavy (non-hydrogen) atoms. The van der Waals surface area contributed by atoms with Gasteiger partial charge in [0.2, 0.25) is 0 Å². The average Bonchev–Trinajstić information content (AvgIpc) is 2.35. The Morgan fingerprint density at radius 3 is 1.56 bits per heavy atom. The van der Waals surface area contributed by atoms with Crippen molar-refractivity contribution in [3.05, 3.63) is 54.6 Å². The van der Waals surface area contributed by atoms with Crippen molar-refractivity contribution in [2.75, 3.05) is 0 Å². The first-order valence-electron chi connectivity index (χ1n) is 5.18. The summed E-state index contributed by atoms with van der Waals surface area (Å²) in [4.78, 5) is 4.58. The van der Waals surface area contributed by atoms with Gasteiger partial charge >= 0.3 is 10.6 Å². The van der Waals surface area contributed by atoms with Crippen LogP contribution in [0.5, 0.6) is 0 Å². The molecule has 0 atom stereocenters. The van der Waals surface area contributed by atoms with Crippen LogP contribution in [-0.2, 0) is 10.6 Å². The Balaban J connectivity index is 0.000000267. The van der Waals surface area contributed by atoms with E-state index in [4.69, 9.17) is 12.6 Å². The summed E-state index contributed by atoms with van der Waals surface area (Å²) in [6.07, 6.45) is 0. The molecule has 3 aromatic rings. The Morgan fingerprint density at radius 1 is 0.722 bits per heavy atom.